The van der Waals surface area contributed by atoms with Gasteiger partial charge in [-0.3, -0.25) is 0 Å². The van der Waals surface area contributed by atoms with Crippen LogP contribution in [0.3, 0.4) is 0 Å². The van der Waals surface area contributed by atoms with Crippen molar-refractivity contribution >= 4 is 23.0 Å². The van der Waals surface area contributed by atoms with Gasteiger partial charge in [-0.2, -0.15) is 0 Å². The van der Waals surface area contributed by atoms with E-state index in [9.17, 15) is 4.79 Å². The Balaban J connectivity index is 1.74. The topological polar surface area (TPSA) is 87.2 Å². The fourth-order valence-corrected chi connectivity index (χ4v) is 2.16. The molecule has 0 saturated heterocycles. The number of methoxy groups -OCH3 is 1. The highest BCUT2D eigenvalue weighted by Crippen LogP contribution is 2.17. The first-order valence-corrected chi connectivity index (χ1v) is 6.75. The number of carbonyl (C=O) groups is 1. The molecule has 0 spiro atoms. The van der Waals surface area contributed by atoms with Crippen molar-refractivity contribution < 1.29 is 14.6 Å². The van der Waals surface area contributed by atoms with Crippen LogP contribution in [-0.4, -0.2) is 28.2 Å². The maximum atomic E-state index is 11.0. The lowest BCUT2D eigenvalue weighted by atomic mass is 10.2. The highest BCUT2D eigenvalue weighted by molar-refractivity contribution is 5.92. The number of hydrogen-bond donors (Lipinski definition) is 3. The summed E-state index contributed by atoms with van der Waals surface area (Å²) in [6.07, 6.45) is 0. The first kappa shape index (κ1) is 13.9. The van der Waals surface area contributed by atoms with Gasteiger partial charge in [0.25, 0.3) is 0 Å². The van der Waals surface area contributed by atoms with Gasteiger partial charge in [-0.05, 0) is 35.9 Å². The van der Waals surface area contributed by atoms with Crippen LogP contribution in [0, 0.1) is 0 Å². The average molecular weight is 297 g/mol. The summed E-state index contributed by atoms with van der Waals surface area (Å²) in [5.74, 6) is 0.464. The predicted molar refractivity (Wildman–Crippen MR) is 83.4 cm³/mol. The van der Waals surface area contributed by atoms with Gasteiger partial charge in [-0.15, -0.1) is 0 Å². The summed E-state index contributed by atoms with van der Waals surface area (Å²) in [4.78, 5) is 18.4. The molecule has 1 aromatic heterocycles. The number of rotatable bonds is 5. The van der Waals surface area contributed by atoms with Crippen LogP contribution >= 0.6 is 0 Å². The molecule has 0 fully saturated rings. The van der Waals surface area contributed by atoms with Crippen LogP contribution in [0.4, 0.5) is 5.95 Å². The molecule has 112 valence electrons. The van der Waals surface area contributed by atoms with E-state index < -0.39 is 5.97 Å². The predicted octanol–water partition coefficient (Wildman–Crippen LogP) is 2.88. The van der Waals surface area contributed by atoms with E-state index >= 15 is 0 Å². The Morgan fingerprint density at radius 3 is 2.73 bits per heavy atom. The van der Waals surface area contributed by atoms with E-state index in [4.69, 9.17) is 9.84 Å². The number of benzene rings is 2. The Morgan fingerprint density at radius 2 is 2.05 bits per heavy atom. The Morgan fingerprint density at radius 1 is 1.27 bits per heavy atom. The zero-order valence-electron chi connectivity index (χ0n) is 12.0. The molecular weight excluding hydrogens is 282 g/mol. The van der Waals surface area contributed by atoms with Gasteiger partial charge in [0, 0.05) is 6.54 Å². The van der Waals surface area contributed by atoms with E-state index in [1.165, 1.54) is 0 Å². The lowest BCUT2D eigenvalue weighted by Crippen LogP contribution is -2.00. The van der Waals surface area contributed by atoms with Crippen LogP contribution in [0.25, 0.3) is 11.0 Å². The zero-order chi connectivity index (χ0) is 15.5. The van der Waals surface area contributed by atoms with Crippen molar-refractivity contribution in [1.29, 1.82) is 0 Å². The van der Waals surface area contributed by atoms with Gasteiger partial charge >= 0.3 is 5.97 Å². The van der Waals surface area contributed by atoms with Crippen molar-refractivity contribution in [3.05, 3.63) is 53.6 Å². The van der Waals surface area contributed by atoms with Crippen molar-refractivity contribution in [2.45, 2.75) is 6.54 Å². The molecule has 6 nitrogen and oxygen atoms in total. The lowest BCUT2D eigenvalue weighted by molar-refractivity contribution is 0.0697. The fourth-order valence-electron chi connectivity index (χ4n) is 2.16. The van der Waals surface area contributed by atoms with Crippen molar-refractivity contribution in [2.75, 3.05) is 12.4 Å². The van der Waals surface area contributed by atoms with Gasteiger partial charge in [-0.1, -0.05) is 12.1 Å². The van der Waals surface area contributed by atoms with Crippen LogP contribution in [0.15, 0.2) is 42.5 Å². The molecule has 2 aromatic carbocycles. The maximum absolute atomic E-state index is 11.0. The highest BCUT2D eigenvalue weighted by Gasteiger charge is 2.07. The molecule has 0 radical (unpaired) electrons. The Hall–Kier alpha value is -3.02. The number of anilines is 1. The quantitative estimate of drug-likeness (QED) is 0.674. The van der Waals surface area contributed by atoms with E-state index in [2.05, 4.69) is 15.3 Å². The van der Waals surface area contributed by atoms with Crippen molar-refractivity contribution in [1.82, 2.24) is 9.97 Å². The largest absolute Gasteiger partial charge is 0.497 e. The second-order valence-corrected chi connectivity index (χ2v) is 4.82. The number of imidazole rings is 1. The summed E-state index contributed by atoms with van der Waals surface area (Å²) in [5, 5.41) is 12.2. The molecule has 0 aliphatic heterocycles. The van der Waals surface area contributed by atoms with Gasteiger partial charge < -0.3 is 20.1 Å². The summed E-state index contributed by atoms with van der Waals surface area (Å²) in [6.45, 7) is 0.607. The van der Waals surface area contributed by atoms with Crippen LogP contribution in [0.5, 0.6) is 5.75 Å². The van der Waals surface area contributed by atoms with E-state index in [0.29, 0.717) is 18.0 Å². The Bertz CT molecular complexity index is 809. The molecular formula is C16H15N3O3. The minimum absolute atomic E-state index is 0.234. The summed E-state index contributed by atoms with van der Waals surface area (Å²) in [6, 6.07) is 12.5. The van der Waals surface area contributed by atoms with Crippen LogP contribution in [-0.2, 0) is 6.54 Å². The van der Waals surface area contributed by atoms with Gasteiger partial charge in [0.15, 0.2) is 0 Å². The molecule has 3 rings (SSSR count). The van der Waals surface area contributed by atoms with Crippen molar-refractivity contribution in [3.8, 4) is 5.75 Å². The smallest absolute Gasteiger partial charge is 0.335 e. The molecule has 0 aliphatic carbocycles. The molecule has 0 bridgehead atoms. The van der Waals surface area contributed by atoms with E-state index in [0.717, 1.165) is 16.8 Å². The molecule has 22 heavy (non-hydrogen) atoms. The zero-order valence-corrected chi connectivity index (χ0v) is 12.0. The maximum Gasteiger partial charge on any atom is 0.335 e. The first-order valence-electron chi connectivity index (χ1n) is 6.75. The number of carboxylic acid groups (broad SMARTS) is 1. The summed E-state index contributed by atoms with van der Waals surface area (Å²) in [7, 11) is 1.63. The van der Waals surface area contributed by atoms with Gasteiger partial charge in [0.1, 0.15) is 5.75 Å². The molecule has 0 atom stereocenters. The summed E-state index contributed by atoms with van der Waals surface area (Å²) >= 11 is 0. The van der Waals surface area contributed by atoms with Gasteiger partial charge in [-0.25, -0.2) is 9.78 Å². The number of fused-ring (bicyclic) bond motifs is 1. The number of aromatic carboxylic acids is 1. The normalized spacial score (nSPS) is 10.6. The second-order valence-electron chi connectivity index (χ2n) is 4.82. The summed E-state index contributed by atoms with van der Waals surface area (Å²) in [5.41, 5.74) is 2.74. The first-order chi connectivity index (χ1) is 10.7. The molecule has 0 amide bonds. The molecule has 0 unspecified atom stereocenters. The minimum atomic E-state index is -0.954. The van der Waals surface area contributed by atoms with E-state index in [1.807, 2.05) is 24.3 Å². The van der Waals surface area contributed by atoms with Crippen LogP contribution < -0.4 is 10.1 Å². The molecule has 3 N–H and O–H groups in total. The van der Waals surface area contributed by atoms with Gasteiger partial charge in [0.05, 0.1) is 23.7 Å². The lowest BCUT2D eigenvalue weighted by Gasteiger charge is -2.04. The molecule has 3 aromatic rings. The number of H-pyrrole nitrogens is 1. The molecule has 1 heterocycles. The van der Waals surface area contributed by atoms with Crippen molar-refractivity contribution in [3.63, 3.8) is 0 Å². The number of nitrogens with zero attached hydrogens (tertiary/aromatic N) is 1. The molecule has 6 heteroatoms. The highest BCUT2D eigenvalue weighted by atomic mass is 16.5. The van der Waals surface area contributed by atoms with E-state index in [1.54, 1.807) is 25.3 Å². The minimum Gasteiger partial charge on any atom is -0.497 e. The molecule has 0 saturated carbocycles. The SMILES string of the molecule is COc1ccc(CNc2nc3ccc(C(=O)O)cc3[nH]2)cc1. The number of ether oxygens (including phenoxy) is 1. The van der Waals surface area contributed by atoms with Crippen LogP contribution in [0.1, 0.15) is 15.9 Å². The van der Waals surface area contributed by atoms with Crippen molar-refractivity contribution in [2.24, 2.45) is 0 Å². The van der Waals surface area contributed by atoms with Gasteiger partial charge in [0.2, 0.25) is 5.95 Å². The van der Waals surface area contributed by atoms with Crippen LogP contribution in [0.2, 0.25) is 0 Å². The number of aromatic nitrogens is 2. The fraction of sp³-hybridized carbons (Fsp3) is 0.125. The number of aromatic amines is 1. The van der Waals surface area contributed by atoms with E-state index in [-0.39, 0.29) is 5.56 Å². The number of hydrogen-bond acceptors (Lipinski definition) is 4. The standard InChI is InChI=1S/C16H15N3O3/c1-22-12-5-2-10(3-6-12)9-17-16-18-13-7-4-11(15(20)21)8-14(13)19-16/h2-8H,9H2,1H3,(H,20,21)(H2,17,18,19). The number of nitrogens with one attached hydrogen (secondary N) is 2. The monoisotopic (exact) mass is 297 g/mol. The Labute approximate surface area is 126 Å². The molecule has 0 aliphatic rings. The second kappa shape index (κ2) is 5.77. The third kappa shape index (κ3) is 2.85. The average Bonchev–Trinajstić information content (AvgIpc) is 2.95. The third-order valence-corrected chi connectivity index (χ3v) is 3.35. The third-order valence-electron chi connectivity index (χ3n) is 3.35. The Kier molecular flexibility index (Phi) is 3.65. The number of carboxylic acids is 1. The summed E-state index contributed by atoms with van der Waals surface area (Å²) < 4.78 is 5.12.